The number of fused-ring (bicyclic) bond motifs is 1. The predicted molar refractivity (Wildman–Crippen MR) is 121 cm³/mol. The third kappa shape index (κ3) is 4.98. The number of benzene rings is 3. The molecule has 0 saturated carbocycles. The molecule has 0 unspecified atom stereocenters. The largest absolute Gasteiger partial charge is 0.347 e. The molecular formula is C25H23N3O3. The number of anilines is 1. The van der Waals surface area contributed by atoms with Crippen LogP contribution in [0, 0.1) is 0 Å². The first kappa shape index (κ1) is 20.3. The third-order valence-electron chi connectivity index (χ3n) is 5.11. The zero-order chi connectivity index (χ0) is 21.6. The van der Waals surface area contributed by atoms with Gasteiger partial charge in [0, 0.05) is 11.6 Å². The first-order chi connectivity index (χ1) is 15.1. The normalized spacial score (nSPS) is 10.7. The van der Waals surface area contributed by atoms with Crippen LogP contribution in [0.3, 0.4) is 0 Å². The van der Waals surface area contributed by atoms with Crippen molar-refractivity contribution in [3.63, 3.8) is 0 Å². The van der Waals surface area contributed by atoms with Crippen LogP contribution in [0.5, 0.6) is 0 Å². The van der Waals surface area contributed by atoms with Crippen molar-refractivity contribution in [1.82, 2.24) is 10.5 Å². The van der Waals surface area contributed by atoms with Crippen LogP contribution in [-0.4, -0.2) is 23.5 Å². The molecule has 0 saturated heterocycles. The maximum atomic E-state index is 12.3. The van der Waals surface area contributed by atoms with Crippen LogP contribution in [0.15, 0.2) is 77.3 Å². The zero-order valence-corrected chi connectivity index (χ0v) is 17.2. The fourth-order valence-electron chi connectivity index (χ4n) is 3.42. The molecule has 2 amide bonds. The smallest absolute Gasteiger partial charge is 0.246 e. The molecule has 0 atom stereocenters. The Morgan fingerprint density at radius 1 is 0.935 bits per heavy atom. The lowest BCUT2D eigenvalue weighted by molar-refractivity contribution is -0.123. The van der Waals surface area contributed by atoms with Crippen molar-refractivity contribution in [2.24, 2.45) is 0 Å². The quantitative estimate of drug-likeness (QED) is 0.472. The summed E-state index contributed by atoms with van der Waals surface area (Å²) in [5, 5.41) is 11.4. The molecule has 156 valence electrons. The average molecular weight is 413 g/mol. The van der Waals surface area contributed by atoms with E-state index in [1.807, 2.05) is 66.7 Å². The van der Waals surface area contributed by atoms with Gasteiger partial charge in [0.15, 0.2) is 0 Å². The van der Waals surface area contributed by atoms with Crippen LogP contribution in [0.25, 0.3) is 22.0 Å². The summed E-state index contributed by atoms with van der Waals surface area (Å²) in [5.41, 5.74) is 3.70. The van der Waals surface area contributed by atoms with Crippen molar-refractivity contribution < 1.29 is 14.1 Å². The Labute approximate surface area is 180 Å². The second-order valence-corrected chi connectivity index (χ2v) is 7.27. The average Bonchev–Trinajstić information content (AvgIpc) is 3.26. The van der Waals surface area contributed by atoms with E-state index in [-0.39, 0.29) is 30.7 Å². The summed E-state index contributed by atoms with van der Waals surface area (Å²) in [6.45, 7) is 1.95. The number of aromatic nitrogens is 1. The number of amides is 2. The molecule has 0 aliphatic rings. The summed E-state index contributed by atoms with van der Waals surface area (Å²) in [6, 6.07) is 23.4. The highest BCUT2D eigenvalue weighted by atomic mass is 16.5. The van der Waals surface area contributed by atoms with Gasteiger partial charge >= 0.3 is 0 Å². The summed E-state index contributed by atoms with van der Waals surface area (Å²) >= 11 is 0. The van der Waals surface area contributed by atoms with Crippen LogP contribution >= 0.6 is 0 Å². The topological polar surface area (TPSA) is 84.2 Å². The fourth-order valence-corrected chi connectivity index (χ4v) is 3.42. The molecule has 0 aliphatic carbocycles. The van der Waals surface area contributed by atoms with Crippen LogP contribution < -0.4 is 10.6 Å². The minimum Gasteiger partial charge on any atom is -0.347 e. The number of nitrogens with zero attached hydrogens (tertiary/aromatic N) is 1. The molecule has 0 radical (unpaired) electrons. The van der Waals surface area contributed by atoms with Gasteiger partial charge in [-0.15, -0.1) is 0 Å². The lowest BCUT2D eigenvalue weighted by atomic mass is 10.0. The maximum absolute atomic E-state index is 12.3. The molecule has 0 spiro atoms. The second kappa shape index (κ2) is 9.26. The molecular weight excluding hydrogens is 390 g/mol. The molecule has 0 bridgehead atoms. The van der Waals surface area contributed by atoms with Crippen molar-refractivity contribution in [2.75, 3.05) is 11.9 Å². The highest BCUT2D eigenvalue weighted by Crippen LogP contribution is 2.22. The molecule has 3 aromatic carbocycles. The monoisotopic (exact) mass is 413 g/mol. The number of hydrogen-bond donors (Lipinski definition) is 2. The van der Waals surface area contributed by atoms with Gasteiger partial charge in [-0.05, 0) is 28.3 Å². The van der Waals surface area contributed by atoms with E-state index in [9.17, 15) is 9.59 Å². The molecule has 2 N–H and O–H groups in total. The first-order valence-electron chi connectivity index (χ1n) is 10.2. The van der Waals surface area contributed by atoms with E-state index in [4.69, 9.17) is 4.52 Å². The van der Waals surface area contributed by atoms with E-state index in [1.54, 1.807) is 6.07 Å². The first-order valence-corrected chi connectivity index (χ1v) is 10.2. The van der Waals surface area contributed by atoms with Crippen molar-refractivity contribution in [2.45, 2.75) is 19.8 Å². The maximum Gasteiger partial charge on any atom is 0.246 e. The van der Waals surface area contributed by atoms with E-state index >= 15 is 0 Å². The highest BCUT2D eigenvalue weighted by molar-refractivity contribution is 5.95. The van der Waals surface area contributed by atoms with E-state index < -0.39 is 0 Å². The molecule has 31 heavy (non-hydrogen) atoms. The third-order valence-corrected chi connectivity index (χ3v) is 5.11. The van der Waals surface area contributed by atoms with E-state index in [0.717, 1.165) is 28.3 Å². The highest BCUT2D eigenvalue weighted by Gasteiger charge is 2.12. The summed E-state index contributed by atoms with van der Waals surface area (Å²) in [7, 11) is 0. The summed E-state index contributed by atoms with van der Waals surface area (Å²) in [5.74, 6) is -0.362. The zero-order valence-electron chi connectivity index (χ0n) is 17.2. The van der Waals surface area contributed by atoms with Crippen molar-refractivity contribution in [3.8, 4) is 11.3 Å². The van der Waals surface area contributed by atoms with Gasteiger partial charge in [0.2, 0.25) is 17.7 Å². The van der Waals surface area contributed by atoms with Crippen molar-refractivity contribution >= 4 is 28.5 Å². The van der Waals surface area contributed by atoms with Gasteiger partial charge in [0.05, 0.1) is 13.0 Å². The molecule has 6 nitrogen and oxygen atoms in total. The van der Waals surface area contributed by atoms with Crippen molar-refractivity contribution in [3.05, 3.63) is 83.9 Å². The van der Waals surface area contributed by atoms with E-state index in [1.165, 1.54) is 5.56 Å². The van der Waals surface area contributed by atoms with Crippen LogP contribution in [-0.2, 0) is 22.4 Å². The van der Waals surface area contributed by atoms with Gasteiger partial charge in [0.25, 0.3) is 0 Å². The lowest BCUT2D eigenvalue weighted by Gasteiger charge is -2.07. The van der Waals surface area contributed by atoms with Crippen LogP contribution in [0.4, 0.5) is 5.88 Å². The van der Waals surface area contributed by atoms with Gasteiger partial charge in [-0.2, -0.15) is 0 Å². The van der Waals surface area contributed by atoms with Crippen molar-refractivity contribution in [1.29, 1.82) is 0 Å². The molecule has 0 fully saturated rings. The summed E-state index contributed by atoms with van der Waals surface area (Å²) < 4.78 is 5.20. The van der Waals surface area contributed by atoms with Crippen LogP contribution in [0.2, 0.25) is 0 Å². The number of aryl methyl sites for hydroxylation is 1. The molecule has 4 rings (SSSR count). The fraction of sp³-hybridized carbons (Fsp3) is 0.160. The molecule has 6 heteroatoms. The minimum atomic E-state index is -0.379. The van der Waals surface area contributed by atoms with Gasteiger partial charge < -0.3 is 9.84 Å². The standard InChI is InChI=1S/C25H23N3O3/c1-2-17-10-12-19(13-11-17)22-15-25(31-28-22)27-24(30)16-26-23(29)14-20-8-5-7-18-6-3-4-9-21(18)20/h3-13,15H,2,14,16H2,1H3,(H,26,29)(H,27,30). The van der Waals surface area contributed by atoms with Crippen LogP contribution in [0.1, 0.15) is 18.1 Å². The Kier molecular flexibility index (Phi) is 6.08. The Morgan fingerprint density at radius 2 is 1.71 bits per heavy atom. The molecule has 1 heterocycles. The number of carbonyl (C=O) groups excluding carboxylic acids is 2. The Hall–Kier alpha value is -3.93. The number of rotatable bonds is 7. The van der Waals surface area contributed by atoms with Gasteiger partial charge in [0.1, 0.15) is 5.69 Å². The summed E-state index contributed by atoms with van der Waals surface area (Å²) in [6.07, 6.45) is 1.17. The lowest BCUT2D eigenvalue weighted by Crippen LogP contribution is -2.33. The Balaban J connectivity index is 1.31. The summed E-state index contributed by atoms with van der Waals surface area (Å²) in [4.78, 5) is 24.5. The molecule has 0 aliphatic heterocycles. The van der Waals surface area contributed by atoms with Gasteiger partial charge in [-0.1, -0.05) is 78.8 Å². The molecule has 4 aromatic rings. The number of hydrogen-bond acceptors (Lipinski definition) is 4. The number of carbonyl (C=O) groups is 2. The van der Waals surface area contributed by atoms with E-state index in [2.05, 4.69) is 22.7 Å². The SMILES string of the molecule is CCc1ccc(-c2cc(NC(=O)CNC(=O)Cc3cccc4ccccc34)on2)cc1. The Morgan fingerprint density at radius 3 is 2.52 bits per heavy atom. The number of nitrogens with one attached hydrogen (secondary N) is 2. The molecule has 1 aromatic heterocycles. The van der Waals surface area contributed by atoms with Gasteiger partial charge in [-0.3, -0.25) is 14.9 Å². The predicted octanol–water partition coefficient (Wildman–Crippen LogP) is 4.35. The second-order valence-electron chi connectivity index (χ2n) is 7.27. The minimum absolute atomic E-state index is 0.148. The Bertz CT molecular complexity index is 1210. The van der Waals surface area contributed by atoms with Gasteiger partial charge in [-0.25, -0.2) is 0 Å². The van der Waals surface area contributed by atoms with E-state index in [0.29, 0.717) is 5.69 Å².